The molecule has 1 aromatic heterocycles. The number of nitrogens with zero attached hydrogens (tertiary/aromatic N) is 3. The average Bonchev–Trinajstić information content (AvgIpc) is 2.67. The Bertz CT molecular complexity index is 767. The van der Waals surface area contributed by atoms with Crippen LogP contribution in [0, 0.1) is 0 Å². The highest BCUT2D eigenvalue weighted by atomic mass is 35.5. The molecule has 2 rings (SSSR count). The van der Waals surface area contributed by atoms with Crippen LogP contribution < -0.4 is 10.2 Å². The van der Waals surface area contributed by atoms with Gasteiger partial charge in [-0.25, -0.2) is 9.97 Å². The average molecular weight is 407 g/mol. The van der Waals surface area contributed by atoms with Gasteiger partial charge < -0.3 is 10.2 Å². The fraction of sp³-hybridized carbons (Fsp3) is 0.450. The molecule has 1 heterocycles. The Kier molecular flexibility index (Phi) is 8.38. The molecule has 1 amide bonds. The van der Waals surface area contributed by atoms with Gasteiger partial charge in [-0.2, -0.15) is 0 Å². The molecule has 0 unspecified atom stereocenters. The standard InChI is InChI=1S/C20H27ClN4OS/c1-5-14(4)22-19(26)16-10-8-9-15(11-16)13-27-20-23-17(21)12-18(24-20)25(6-2)7-3/h8-12,14H,5-7,13H2,1-4H3,(H,22,26)/t14-/m0/s1. The number of amides is 1. The van der Waals surface area contributed by atoms with E-state index in [0.717, 1.165) is 30.9 Å². The summed E-state index contributed by atoms with van der Waals surface area (Å²) in [6, 6.07) is 9.61. The van der Waals surface area contributed by atoms with E-state index in [2.05, 4.69) is 41.0 Å². The summed E-state index contributed by atoms with van der Waals surface area (Å²) in [6.07, 6.45) is 0.905. The van der Waals surface area contributed by atoms with Crippen LogP contribution in [0.4, 0.5) is 5.82 Å². The van der Waals surface area contributed by atoms with Gasteiger partial charge in [0.25, 0.3) is 5.91 Å². The van der Waals surface area contributed by atoms with Crippen molar-refractivity contribution < 1.29 is 4.79 Å². The third-order valence-electron chi connectivity index (χ3n) is 4.30. The first-order valence-electron chi connectivity index (χ1n) is 9.28. The Morgan fingerprint density at radius 2 is 1.96 bits per heavy atom. The molecule has 7 heteroatoms. The molecule has 1 atom stereocenters. The maximum Gasteiger partial charge on any atom is 0.251 e. The van der Waals surface area contributed by atoms with Crippen LogP contribution in [0.25, 0.3) is 0 Å². The van der Waals surface area contributed by atoms with Gasteiger partial charge in [-0.15, -0.1) is 0 Å². The Morgan fingerprint density at radius 3 is 2.63 bits per heavy atom. The zero-order valence-corrected chi connectivity index (χ0v) is 17.9. The molecule has 0 radical (unpaired) electrons. The molecule has 1 N–H and O–H groups in total. The number of hydrogen-bond acceptors (Lipinski definition) is 5. The monoisotopic (exact) mass is 406 g/mol. The van der Waals surface area contributed by atoms with Crippen LogP contribution in [0.5, 0.6) is 0 Å². The summed E-state index contributed by atoms with van der Waals surface area (Å²) in [7, 11) is 0. The minimum atomic E-state index is -0.0426. The topological polar surface area (TPSA) is 58.1 Å². The number of benzene rings is 1. The molecule has 0 saturated heterocycles. The van der Waals surface area contributed by atoms with Crippen molar-refractivity contribution in [3.05, 3.63) is 46.6 Å². The van der Waals surface area contributed by atoms with E-state index >= 15 is 0 Å². The zero-order chi connectivity index (χ0) is 19.8. The van der Waals surface area contributed by atoms with Gasteiger partial charge in [0, 0.05) is 36.5 Å². The van der Waals surface area contributed by atoms with Crippen molar-refractivity contribution in [3.63, 3.8) is 0 Å². The minimum Gasteiger partial charge on any atom is -0.357 e. The van der Waals surface area contributed by atoms with Crippen LogP contribution in [0.3, 0.4) is 0 Å². The third-order valence-corrected chi connectivity index (χ3v) is 5.41. The fourth-order valence-electron chi connectivity index (χ4n) is 2.52. The molecule has 0 bridgehead atoms. The number of carbonyl (C=O) groups is 1. The number of nitrogens with one attached hydrogen (secondary N) is 1. The molecule has 0 aliphatic carbocycles. The van der Waals surface area contributed by atoms with Gasteiger partial charge in [-0.3, -0.25) is 4.79 Å². The van der Waals surface area contributed by atoms with E-state index in [1.165, 1.54) is 11.8 Å². The Labute approximate surface area is 170 Å². The van der Waals surface area contributed by atoms with Gasteiger partial charge in [0.15, 0.2) is 5.16 Å². The van der Waals surface area contributed by atoms with Crippen molar-refractivity contribution in [2.24, 2.45) is 0 Å². The second-order valence-corrected chi connectivity index (χ2v) is 7.61. The fourth-order valence-corrected chi connectivity index (χ4v) is 3.54. The molecule has 0 aliphatic rings. The Balaban J connectivity index is 2.08. The van der Waals surface area contributed by atoms with Crippen molar-refractivity contribution in [2.45, 2.75) is 51.1 Å². The van der Waals surface area contributed by atoms with Gasteiger partial charge in [0.2, 0.25) is 0 Å². The van der Waals surface area contributed by atoms with Crippen LogP contribution in [-0.2, 0) is 5.75 Å². The molecule has 5 nitrogen and oxygen atoms in total. The SMILES string of the molecule is CC[C@H](C)NC(=O)c1cccc(CSc2nc(Cl)cc(N(CC)CC)n2)c1. The van der Waals surface area contributed by atoms with Crippen molar-refractivity contribution in [3.8, 4) is 0 Å². The predicted molar refractivity (Wildman–Crippen MR) is 114 cm³/mol. The first-order chi connectivity index (χ1) is 13.0. The molecule has 0 saturated carbocycles. The van der Waals surface area contributed by atoms with Crippen molar-refractivity contribution in [2.75, 3.05) is 18.0 Å². The van der Waals surface area contributed by atoms with E-state index in [1.807, 2.05) is 31.2 Å². The maximum atomic E-state index is 12.3. The summed E-state index contributed by atoms with van der Waals surface area (Å²) in [4.78, 5) is 23.4. The lowest BCUT2D eigenvalue weighted by Crippen LogP contribution is -2.31. The first-order valence-corrected chi connectivity index (χ1v) is 10.6. The second kappa shape index (κ2) is 10.5. The molecular weight excluding hydrogens is 380 g/mol. The lowest BCUT2D eigenvalue weighted by Gasteiger charge is -2.20. The van der Waals surface area contributed by atoms with Crippen LogP contribution >= 0.6 is 23.4 Å². The third kappa shape index (κ3) is 6.40. The maximum absolute atomic E-state index is 12.3. The summed E-state index contributed by atoms with van der Waals surface area (Å²) in [5, 5.41) is 4.07. The van der Waals surface area contributed by atoms with Gasteiger partial charge in [0.05, 0.1) is 0 Å². The van der Waals surface area contributed by atoms with Crippen LogP contribution in [-0.4, -0.2) is 35.0 Å². The number of carbonyl (C=O) groups excluding carboxylic acids is 1. The van der Waals surface area contributed by atoms with Gasteiger partial charge in [-0.05, 0) is 44.9 Å². The largest absolute Gasteiger partial charge is 0.357 e. The van der Waals surface area contributed by atoms with Crippen molar-refractivity contribution in [1.82, 2.24) is 15.3 Å². The van der Waals surface area contributed by atoms with Gasteiger partial charge in [-0.1, -0.05) is 42.4 Å². The summed E-state index contributed by atoms with van der Waals surface area (Å²) >= 11 is 7.69. The molecule has 2 aromatic rings. The first kappa shape index (κ1) is 21.5. The summed E-state index contributed by atoms with van der Waals surface area (Å²) in [6.45, 7) is 9.95. The highest BCUT2D eigenvalue weighted by Gasteiger charge is 2.11. The van der Waals surface area contributed by atoms with Crippen molar-refractivity contribution in [1.29, 1.82) is 0 Å². The van der Waals surface area contributed by atoms with E-state index < -0.39 is 0 Å². The number of aromatic nitrogens is 2. The molecule has 0 spiro atoms. The quantitative estimate of drug-likeness (QED) is 0.368. The number of thioether (sulfide) groups is 1. The van der Waals surface area contributed by atoms with Gasteiger partial charge >= 0.3 is 0 Å². The van der Waals surface area contributed by atoms with E-state index in [4.69, 9.17) is 11.6 Å². The van der Waals surface area contributed by atoms with E-state index in [0.29, 0.717) is 21.6 Å². The summed E-state index contributed by atoms with van der Waals surface area (Å²) in [5.41, 5.74) is 1.72. The van der Waals surface area contributed by atoms with E-state index in [1.54, 1.807) is 6.07 Å². The zero-order valence-electron chi connectivity index (χ0n) is 16.3. The van der Waals surface area contributed by atoms with Gasteiger partial charge in [0.1, 0.15) is 11.0 Å². The number of halogens is 1. The predicted octanol–water partition coefficient (Wildman–Crippen LogP) is 4.80. The second-order valence-electron chi connectivity index (χ2n) is 6.28. The van der Waals surface area contributed by atoms with E-state index in [9.17, 15) is 4.79 Å². The van der Waals surface area contributed by atoms with Crippen molar-refractivity contribution >= 4 is 35.1 Å². The number of rotatable bonds is 9. The molecule has 27 heavy (non-hydrogen) atoms. The molecule has 0 aliphatic heterocycles. The van der Waals surface area contributed by atoms with Crippen LogP contribution in [0.15, 0.2) is 35.5 Å². The van der Waals surface area contributed by atoms with Crippen LogP contribution in [0.1, 0.15) is 50.0 Å². The number of hydrogen-bond donors (Lipinski definition) is 1. The lowest BCUT2D eigenvalue weighted by molar-refractivity contribution is 0.0939. The molecule has 146 valence electrons. The smallest absolute Gasteiger partial charge is 0.251 e. The summed E-state index contributed by atoms with van der Waals surface area (Å²) in [5.74, 6) is 1.46. The molecule has 1 aromatic carbocycles. The highest BCUT2D eigenvalue weighted by Crippen LogP contribution is 2.25. The number of anilines is 1. The highest BCUT2D eigenvalue weighted by molar-refractivity contribution is 7.98. The molecular formula is C20H27ClN4OS. The normalized spacial score (nSPS) is 11.9. The lowest BCUT2D eigenvalue weighted by atomic mass is 10.1. The van der Waals surface area contributed by atoms with Crippen LogP contribution in [0.2, 0.25) is 5.15 Å². The Morgan fingerprint density at radius 1 is 1.22 bits per heavy atom. The Hall–Kier alpha value is -1.79. The summed E-state index contributed by atoms with van der Waals surface area (Å²) < 4.78 is 0. The van der Waals surface area contributed by atoms with E-state index in [-0.39, 0.29) is 11.9 Å². The molecule has 0 fully saturated rings. The minimum absolute atomic E-state index is 0.0426.